The first-order valence-corrected chi connectivity index (χ1v) is 9.38. The predicted molar refractivity (Wildman–Crippen MR) is 105 cm³/mol. The fourth-order valence-electron chi connectivity index (χ4n) is 3.10. The van der Waals surface area contributed by atoms with Crippen molar-refractivity contribution in [3.63, 3.8) is 0 Å². The minimum atomic E-state index is -4.36. The Morgan fingerprint density at radius 1 is 1.33 bits per heavy atom. The Labute approximate surface area is 159 Å². The molecule has 152 valence electrons. The molecule has 0 bridgehead atoms. The van der Waals surface area contributed by atoms with Crippen LogP contribution in [0.1, 0.15) is 46.5 Å². The lowest BCUT2D eigenvalue weighted by Crippen LogP contribution is -2.26. The van der Waals surface area contributed by atoms with Gasteiger partial charge in [-0.2, -0.15) is 13.2 Å². The molecule has 0 spiro atoms. The second-order valence-electron chi connectivity index (χ2n) is 7.00. The average Bonchev–Trinajstić information content (AvgIpc) is 2.61. The molecule has 3 atom stereocenters. The van der Waals surface area contributed by atoms with E-state index in [0.29, 0.717) is 18.6 Å². The number of halogens is 4. The van der Waals surface area contributed by atoms with Crippen molar-refractivity contribution in [2.45, 2.75) is 58.7 Å². The maximum Gasteiger partial charge on any atom is 0.412 e. The van der Waals surface area contributed by atoms with E-state index >= 15 is 0 Å². The lowest BCUT2D eigenvalue weighted by Gasteiger charge is -2.29. The second kappa shape index (κ2) is 11.2. The van der Waals surface area contributed by atoms with Crippen LogP contribution in [-0.2, 0) is 0 Å². The molecule has 0 aliphatic carbocycles. The van der Waals surface area contributed by atoms with Gasteiger partial charge in [-0.25, -0.2) is 0 Å². The molecule has 0 fully saturated rings. The number of allylic oxidation sites excluding steroid dienone is 5. The van der Waals surface area contributed by atoms with Crippen LogP contribution in [0.3, 0.4) is 0 Å². The van der Waals surface area contributed by atoms with Crippen LogP contribution in [0.4, 0.5) is 17.6 Å². The fraction of sp³-hybridized carbons (Fsp3) is 0.619. The third kappa shape index (κ3) is 7.81. The Kier molecular flexibility index (Phi) is 9.67. The molecule has 3 unspecified atom stereocenters. The van der Waals surface area contributed by atoms with Gasteiger partial charge in [-0.15, -0.1) is 0 Å². The van der Waals surface area contributed by atoms with Crippen molar-refractivity contribution < 1.29 is 17.6 Å². The van der Waals surface area contributed by atoms with Gasteiger partial charge in [0.05, 0.1) is 12.7 Å². The highest BCUT2D eigenvalue weighted by Crippen LogP contribution is 2.32. The van der Waals surface area contributed by atoms with Crippen molar-refractivity contribution in [1.82, 2.24) is 0 Å². The summed E-state index contributed by atoms with van der Waals surface area (Å²) in [6.07, 6.45) is 7.17. The van der Waals surface area contributed by atoms with E-state index in [1.165, 1.54) is 6.08 Å². The lowest BCUT2D eigenvalue weighted by atomic mass is 9.83. The fourth-order valence-corrected chi connectivity index (χ4v) is 3.10. The van der Waals surface area contributed by atoms with Crippen molar-refractivity contribution >= 4 is 11.9 Å². The van der Waals surface area contributed by atoms with Gasteiger partial charge in [-0.05, 0) is 50.2 Å². The van der Waals surface area contributed by atoms with Gasteiger partial charge in [0.15, 0.2) is 0 Å². The number of aliphatic imine (C=N–C) groups is 2. The van der Waals surface area contributed by atoms with Crippen LogP contribution >= 0.6 is 0 Å². The molecule has 0 aromatic rings. The van der Waals surface area contributed by atoms with Crippen LogP contribution in [0.25, 0.3) is 0 Å². The quantitative estimate of drug-likeness (QED) is 0.266. The maximum absolute atomic E-state index is 13.3. The van der Waals surface area contributed by atoms with E-state index in [9.17, 15) is 17.6 Å². The van der Waals surface area contributed by atoms with Crippen molar-refractivity contribution in [2.24, 2.45) is 21.8 Å². The van der Waals surface area contributed by atoms with Crippen LogP contribution < -0.4 is 0 Å². The Bertz CT molecular complexity index is 612. The van der Waals surface area contributed by atoms with Gasteiger partial charge in [0.25, 0.3) is 0 Å². The Hall–Kier alpha value is -1.72. The van der Waals surface area contributed by atoms with Crippen LogP contribution in [0.15, 0.2) is 45.4 Å². The molecule has 1 rings (SSSR count). The molecule has 1 aliphatic heterocycles. The van der Waals surface area contributed by atoms with Crippen LogP contribution in [0, 0.1) is 11.8 Å². The molecule has 1 heterocycles. The molecule has 0 aromatic carbocycles. The minimum Gasteiger partial charge on any atom is -0.297 e. The highest BCUT2D eigenvalue weighted by atomic mass is 19.4. The summed E-state index contributed by atoms with van der Waals surface area (Å²) in [5, 5.41) is 0. The van der Waals surface area contributed by atoms with Crippen LogP contribution in [0.5, 0.6) is 0 Å². The zero-order chi connectivity index (χ0) is 20.4. The molecule has 0 radical (unpaired) electrons. The number of rotatable bonds is 8. The van der Waals surface area contributed by atoms with Gasteiger partial charge in [0, 0.05) is 30.5 Å². The van der Waals surface area contributed by atoms with Gasteiger partial charge in [0.1, 0.15) is 0 Å². The van der Waals surface area contributed by atoms with Crippen LogP contribution in [0.2, 0.25) is 0 Å². The lowest BCUT2D eigenvalue weighted by molar-refractivity contribution is -0.0917. The van der Waals surface area contributed by atoms with E-state index in [0.717, 1.165) is 25.3 Å². The molecule has 0 aromatic heterocycles. The zero-order valence-corrected chi connectivity index (χ0v) is 16.6. The third-order valence-electron chi connectivity index (χ3n) is 4.64. The number of alkyl halides is 4. The molecule has 2 nitrogen and oxygen atoms in total. The molecular formula is C21H30F4N2. The summed E-state index contributed by atoms with van der Waals surface area (Å²) < 4.78 is 52.2. The summed E-state index contributed by atoms with van der Waals surface area (Å²) in [7, 11) is 1.62. The topological polar surface area (TPSA) is 24.7 Å². The van der Waals surface area contributed by atoms with E-state index in [1.54, 1.807) is 26.3 Å². The van der Waals surface area contributed by atoms with Gasteiger partial charge >= 0.3 is 6.18 Å². The van der Waals surface area contributed by atoms with E-state index in [4.69, 9.17) is 0 Å². The predicted octanol–water partition coefficient (Wildman–Crippen LogP) is 6.30. The van der Waals surface area contributed by atoms with E-state index in [2.05, 4.69) is 22.1 Å². The van der Waals surface area contributed by atoms with E-state index in [1.807, 2.05) is 6.92 Å². The molecule has 0 saturated carbocycles. The van der Waals surface area contributed by atoms with Gasteiger partial charge < -0.3 is 0 Å². The minimum absolute atomic E-state index is 0.177. The molecule has 6 heteroatoms. The third-order valence-corrected chi connectivity index (χ3v) is 4.64. The van der Waals surface area contributed by atoms with E-state index in [-0.39, 0.29) is 11.8 Å². The van der Waals surface area contributed by atoms with Gasteiger partial charge in [-0.3, -0.25) is 14.4 Å². The monoisotopic (exact) mass is 386 g/mol. The molecule has 1 aliphatic rings. The summed E-state index contributed by atoms with van der Waals surface area (Å²) in [4.78, 5) is 8.47. The summed E-state index contributed by atoms with van der Waals surface area (Å²) in [6.45, 7) is 4.31. The smallest absolute Gasteiger partial charge is 0.297 e. The van der Waals surface area contributed by atoms with Crippen LogP contribution in [-0.4, -0.2) is 37.9 Å². The molecule has 0 amide bonds. The summed E-state index contributed by atoms with van der Waals surface area (Å²) >= 11 is 0. The molecule has 0 saturated heterocycles. The maximum atomic E-state index is 13.3. The van der Waals surface area contributed by atoms with E-state index < -0.39 is 24.5 Å². The first-order chi connectivity index (χ1) is 12.7. The largest absolute Gasteiger partial charge is 0.412 e. The summed E-state index contributed by atoms with van der Waals surface area (Å²) in [5.74, 6) is -0.198. The average molecular weight is 386 g/mol. The Morgan fingerprint density at radius 2 is 2.04 bits per heavy atom. The highest BCUT2D eigenvalue weighted by Gasteiger charge is 2.32. The van der Waals surface area contributed by atoms with Crippen molar-refractivity contribution in [3.8, 4) is 0 Å². The van der Waals surface area contributed by atoms with Gasteiger partial charge in [0.2, 0.25) is 0 Å². The zero-order valence-electron chi connectivity index (χ0n) is 16.6. The number of hydrogen-bond donors (Lipinski definition) is 0. The highest BCUT2D eigenvalue weighted by molar-refractivity contribution is 6.04. The first kappa shape index (κ1) is 23.3. The molecule has 0 N–H and O–H groups in total. The number of hydrogen-bond acceptors (Lipinski definition) is 2. The molecule has 27 heavy (non-hydrogen) atoms. The normalized spacial score (nSPS) is 23.9. The summed E-state index contributed by atoms with van der Waals surface area (Å²) in [6, 6.07) is -0.552. The van der Waals surface area contributed by atoms with Gasteiger partial charge in [-0.1, -0.05) is 32.1 Å². The first-order valence-electron chi connectivity index (χ1n) is 9.38. The Morgan fingerprint density at radius 3 is 2.59 bits per heavy atom. The number of nitrogens with zero attached hydrogens (tertiary/aromatic N) is 2. The Balaban J connectivity index is 3.25. The van der Waals surface area contributed by atoms with Crippen molar-refractivity contribution in [1.29, 1.82) is 0 Å². The van der Waals surface area contributed by atoms with Crippen molar-refractivity contribution in [2.75, 3.05) is 13.7 Å². The van der Waals surface area contributed by atoms with Crippen molar-refractivity contribution in [3.05, 3.63) is 35.5 Å². The molecular weight excluding hydrogens is 356 g/mol. The standard InChI is InChI=1S/C21H30F4N2/c1-5-6-7-8-17-12-18(11-16(3)21(23,24)25)27-20(13-17)19(9-10-26-4)15(2)14-22/h6-7,9-11,15,17-18H,5,8,12-14H2,1-4H3/b7-6+,16-11+,19-9+,26-10-. The summed E-state index contributed by atoms with van der Waals surface area (Å²) in [5.41, 5.74) is 0.771. The SMILES string of the molecule is CC/C=C/CC1CC(/C(=C/C=N\C)C(C)CF)=NC(/C=C(\C)C(F)(F)F)C1. The second-order valence-corrected chi connectivity index (χ2v) is 7.00.